The highest BCUT2D eigenvalue weighted by Crippen LogP contribution is 2.29. The molecule has 8 heteroatoms. The number of hydrogen-bond donors (Lipinski definition) is 2. The van der Waals surface area contributed by atoms with E-state index in [4.69, 9.17) is 0 Å². The van der Waals surface area contributed by atoms with Gasteiger partial charge in [0.1, 0.15) is 5.25 Å². The zero-order valence-corrected chi connectivity index (χ0v) is 19.1. The summed E-state index contributed by atoms with van der Waals surface area (Å²) in [6.45, 7) is 1.84. The molecule has 1 unspecified atom stereocenters. The molecule has 1 aliphatic carbocycles. The van der Waals surface area contributed by atoms with Gasteiger partial charge in [0, 0.05) is 36.4 Å². The van der Waals surface area contributed by atoms with Gasteiger partial charge in [-0.05, 0) is 79.6 Å². The molecule has 0 spiro atoms. The van der Waals surface area contributed by atoms with Crippen molar-refractivity contribution >= 4 is 46.0 Å². The SMILES string of the molecule is O=C(CC1SC(N2CCCC2)=NC1=O)Nc1ccc(C(=O)Nc2ccc3c(c2)CCC3)cc1. The van der Waals surface area contributed by atoms with Gasteiger partial charge in [0.25, 0.3) is 11.8 Å². The van der Waals surface area contributed by atoms with Crippen molar-refractivity contribution in [2.75, 3.05) is 23.7 Å². The van der Waals surface area contributed by atoms with E-state index >= 15 is 0 Å². The molecule has 2 aromatic rings. The number of carbonyl (C=O) groups excluding carboxylic acids is 3. The number of nitrogens with zero attached hydrogens (tertiary/aromatic N) is 2. The number of rotatable bonds is 5. The summed E-state index contributed by atoms with van der Waals surface area (Å²) in [5.74, 6) is -0.671. The molecule has 1 saturated heterocycles. The third-order valence-electron chi connectivity index (χ3n) is 6.26. The molecule has 2 heterocycles. The van der Waals surface area contributed by atoms with Gasteiger partial charge >= 0.3 is 0 Å². The number of thioether (sulfide) groups is 1. The molecule has 1 atom stereocenters. The summed E-state index contributed by atoms with van der Waals surface area (Å²) in [5, 5.41) is 6.03. The maximum Gasteiger partial charge on any atom is 0.262 e. The number of amidine groups is 1. The Kier molecular flexibility index (Phi) is 6.17. The Balaban J connectivity index is 1.13. The Bertz CT molecular complexity index is 1120. The lowest BCUT2D eigenvalue weighted by Crippen LogP contribution is -2.25. The fourth-order valence-corrected chi connectivity index (χ4v) is 5.61. The lowest BCUT2D eigenvalue weighted by atomic mass is 10.1. The van der Waals surface area contributed by atoms with E-state index in [0.717, 1.165) is 49.6 Å². The Morgan fingerprint density at radius 1 is 0.939 bits per heavy atom. The molecule has 2 aliphatic heterocycles. The van der Waals surface area contributed by atoms with Crippen LogP contribution in [-0.2, 0) is 22.4 Å². The number of anilines is 2. The van der Waals surface area contributed by atoms with Crippen molar-refractivity contribution < 1.29 is 14.4 Å². The molecule has 170 valence electrons. The van der Waals surface area contributed by atoms with E-state index < -0.39 is 5.25 Å². The zero-order chi connectivity index (χ0) is 22.8. The summed E-state index contributed by atoms with van der Waals surface area (Å²) < 4.78 is 0. The number of nitrogens with one attached hydrogen (secondary N) is 2. The van der Waals surface area contributed by atoms with Crippen LogP contribution in [-0.4, -0.2) is 46.1 Å². The number of carbonyl (C=O) groups is 3. The number of benzene rings is 2. The quantitative estimate of drug-likeness (QED) is 0.704. The van der Waals surface area contributed by atoms with Crippen LogP contribution < -0.4 is 10.6 Å². The zero-order valence-electron chi connectivity index (χ0n) is 18.3. The van der Waals surface area contributed by atoms with Crippen molar-refractivity contribution in [1.82, 2.24) is 4.90 Å². The first-order chi connectivity index (χ1) is 16.0. The summed E-state index contributed by atoms with van der Waals surface area (Å²) in [4.78, 5) is 43.5. The molecule has 2 aromatic carbocycles. The fraction of sp³-hybridized carbons (Fsp3) is 0.360. The van der Waals surface area contributed by atoms with Crippen LogP contribution in [0.1, 0.15) is 47.2 Å². The third kappa shape index (κ3) is 4.95. The van der Waals surface area contributed by atoms with Gasteiger partial charge in [-0.15, -0.1) is 0 Å². The molecule has 3 aliphatic rings. The molecule has 7 nitrogen and oxygen atoms in total. The van der Waals surface area contributed by atoms with Crippen molar-refractivity contribution in [1.29, 1.82) is 0 Å². The van der Waals surface area contributed by atoms with Gasteiger partial charge in [-0.2, -0.15) is 4.99 Å². The average molecular weight is 463 g/mol. The van der Waals surface area contributed by atoms with Crippen LogP contribution >= 0.6 is 11.8 Å². The largest absolute Gasteiger partial charge is 0.351 e. The predicted molar refractivity (Wildman–Crippen MR) is 131 cm³/mol. The molecule has 33 heavy (non-hydrogen) atoms. The monoisotopic (exact) mass is 462 g/mol. The maximum atomic E-state index is 12.6. The highest BCUT2D eigenvalue weighted by atomic mass is 32.2. The van der Waals surface area contributed by atoms with Gasteiger partial charge in [-0.25, -0.2) is 0 Å². The number of hydrogen-bond acceptors (Lipinski definition) is 5. The Morgan fingerprint density at radius 2 is 1.67 bits per heavy atom. The van der Waals surface area contributed by atoms with Crippen LogP contribution in [0.4, 0.5) is 11.4 Å². The number of amides is 3. The minimum absolute atomic E-state index is 0.0743. The van der Waals surface area contributed by atoms with E-state index in [2.05, 4.69) is 32.7 Å². The Labute approximate surface area is 197 Å². The van der Waals surface area contributed by atoms with Crippen molar-refractivity contribution in [2.45, 2.75) is 43.8 Å². The molecule has 0 saturated carbocycles. The van der Waals surface area contributed by atoms with Gasteiger partial charge in [-0.1, -0.05) is 17.8 Å². The first kappa shape index (κ1) is 21.7. The summed E-state index contributed by atoms with van der Waals surface area (Å²) in [6, 6.07) is 12.8. The summed E-state index contributed by atoms with van der Waals surface area (Å²) in [7, 11) is 0. The van der Waals surface area contributed by atoms with Crippen molar-refractivity contribution in [3.63, 3.8) is 0 Å². The molecule has 0 bridgehead atoms. The van der Waals surface area contributed by atoms with Gasteiger partial charge in [0.2, 0.25) is 5.91 Å². The second-order valence-corrected chi connectivity index (χ2v) is 9.82. The van der Waals surface area contributed by atoms with Crippen LogP contribution in [0.25, 0.3) is 0 Å². The number of aliphatic imine (C=N–C) groups is 1. The summed E-state index contributed by atoms with van der Waals surface area (Å²) >= 11 is 1.38. The van der Waals surface area contributed by atoms with Gasteiger partial charge in [0.05, 0.1) is 0 Å². The fourth-order valence-electron chi connectivity index (χ4n) is 4.49. The second kappa shape index (κ2) is 9.39. The van der Waals surface area contributed by atoms with Crippen LogP contribution in [0.3, 0.4) is 0 Å². The number of aryl methyl sites for hydroxylation is 2. The van der Waals surface area contributed by atoms with Crippen molar-refractivity contribution in [2.24, 2.45) is 4.99 Å². The lowest BCUT2D eigenvalue weighted by molar-refractivity contribution is -0.121. The van der Waals surface area contributed by atoms with E-state index in [9.17, 15) is 14.4 Å². The molecular formula is C25H26N4O3S. The van der Waals surface area contributed by atoms with Gasteiger partial charge in [-0.3, -0.25) is 14.4 Å². The normalized spacial score (nSPS) is 19.4. The highest BCUT2D eigenvalue weighted by Gasteiger charge is 2.33. The molecule has 3 amide bonds. The smallest absolute Gasteiger partial charge is 0.262 e. The van der Waals surface area contributed by atoms with Crippen molar-refractivity contribution in [3.8, 4) is 0 Å². The van der Waals surface area contributed by atoms with Crippen LogP contribution in [0.5, 0.6) is 0 Å². The lowest BCUT2D eigenvalue weighted by Gasteiger charge is -2.16. The first-order valence-corrected chi connectivity index (χ1v) is 12.3. The van der Waals surface area contributed by atoms with Gasteiger partial charge < -0.3 is 15.5 Å². The predicted octanol–water partition coefficient (Wildman–Crippen LogP) is 3.85. The standard InChI is InChI=1S/C25H26N4O3S/c30-22(15-21-24(32)28-25(33-21)29-12-1-2-13-29)26-19-9-7-17(8-10-19)23(31)27-20-11-6-16-4-3-5-18(16)14-20/h6-11,14,21H,1-5,12-13,15H2,(H,26,30)(H,27,31). The van der Waals surface area contributed by atoms with Crippen LogP contribution in [0.15, 0.2) is 47.5 Å². The Morgan fingerprint density at radius 3 is 2.45 bits per heavy atom. The van der Waals surface area contributed by atoms with E-state index in [1.807, 2.05) is 6.07 Å². The minimum atomic E-state index is -0.474. The van der Waals surface area contributed by atoms with Gasteiger partial charge in [0.15, 0.2) is 5.17 Å². The van der Waals surface area contributed by atoms with E-state index in [-0.39, 0.29) is 24.1 Å². The molecule has 1 fully saturated rings. The van der Waals surface area contributed by atoms with E-state index in [1.165, 1.54) is 29.3 Å². The molecular weight excluding hydrogens is 436 g/mol. The average Bonchev–Trinajstić information content (AvgIpc) is 3.55. The summed E-state index contributed by atoms with van der Waals surface area (Å²) in [5.41, 5.74) is 4.57. The minimum Gasteiger partial charge on any atom is -0.351 e. The van der Waals surface area contributed by atoms with E-state index in [1.54, 1.807) is 24.3 Å². The molecule has 0 radical (unpaired) electrons. The highest BCUT2D eigenvalue weighted by molar-refractivity contribution is 8.15. The molecule has 5 rings (SSSR count). The third-order valence-corrected chi connectivity index (χ3v) is 7.48. The van der Waals surface area contributed by atoms with Crippen LogP contribution in [0, 0.1) is 0 Å². The van der Waals surface area contributed by atoms with Crippen LogP contribution in [0.2, 0.25) is 0 Å². The van der Waals surface area contributed by atoms with Crippen molar-refractivity contribution in [3.05, 3.63) is 59.2 Å². The second-order valence-electron chi connectivity index (χ2n) is 8.65. The van der Waals surface area contributed by atoms with E-state index in [0.29, 0.717) is 11.3 Å². The number of fused-ring (bicyclic) bond motifs is 1. The molecule has 2 N–H and O–H groups in total. The Hall–Kier alpha value is -3.13. The first-order valence-electron chi connectivity index (χ1n) is 11.4. The molecule has 0 aromatic heterocycles. The summed E-state index contributed by atoms with van der Waals surface area (Å²) in [6.07, 6.45) is 5.63. The maximum absolute atomic E-state index is 12.6. The number of likely N-dealkylation sites (tertiary alicyclic amines) is 1. The topological polar surface area (TPSA) is 90.9 Å².